The number of aromatic nitrogens is 2. The van der Waals surface area contributed by atoms with E-state index in [1.807, 2.05) is 43.6 Å². The molecule has 2 aromatic heterocycles. The molecule has 0 saturated carbocycles. The maximum Gasteiger partial charge on any atom is 0.340 e. The highest BCUT2D eigenvalue weighted by Crippen LogP contribution is 2.30. The molecule has 0 aliphatic rings. The number of esters is 1. The lowest BCUT2D eigenvalue weighted by Crippen LogP contribution is -2.20. The van der Waals surface area contributed by atoms with Crippen molar-refractivity contribution in [1.82, 2.24) is 9.78 Å². The summed E-state index contributed by atoms with van der Waals surface area (Å²) >= 11 is 6.81. The van der Waals surface area contributed by atoms with Gasteiger partial charge < -0.3 is 15.4 Å². The molecular formula is C18H18N4O2S2. The number of thiocarbonyl (C=S) groups is 1. The first-order chi connectivity index (χ1) is 12.5. The molecule has 3 rings (SSSR count). The van der Waals surface area contributed by atoms with Gasteiger partial charge in [-0.25, -0.2) is 4.79 Å². The van der Waals surface area contributed by atoms with E-state index in [9.17, 15) is 4.79 Å². The lowest BCUT2D eigenvalue weighted by molar-refractivity contribution is 0.0602. The van der Waals surface area contributed by atoms with E-state index >= 15 is 0 Å². The predicted molar refractivity (Wildman–Crippen MR) is 108 cm³/mol. The normalized spacial score (nSPS) is 10.4. The molecule has 0 unspecified atom stereocenters. The second-order valence-electron chi connectivity index (χ2n) is 5.56. The van der Waals surface area contributed by atoms with Crippen molar-refractivity contribution in [1.29, 1.82) is 0 Å². The molecule has 0 radical (unpaired) electrons. The number of hydrogen-bond donors (Lipinski definition) is 2. The van der Waals surface area contributed by atoms with E-state index in [1.165, 1.54) is 24.0 Å². The molecule has 2 N–H and O–H groups in total. The van der Waals surface area contributed by atoms with Crippen LogP contribution in [0.1, 0.15) is 20.8 Å². The highest BCUT2D eigenvalue weighted by Gasteiger charge is 2.18. The molecule has 0 saturated heterocycles. The summed E-state index contributed by atoms with van der Waals surface area (Å²) in [6, 6.07) is 13.7. The Bertz CT molecular complexity index is 918. The minimum atomic E-state index is -0.399. The Morgan fingerprint density at radius 1 is 1.27 bits per heavy atom. The van der Waals surface area contributed by atoms with Gasteiger partial charge in [0.1, 0.15) is 5.00 Å². The van der Waals surface area contributed by atoms with Gasteiger partial charge in [-0.1, -0.05) is 30.3 Å². The zero-order valence-corrected chi connectivity index (χ0v) is 16.0. The number of methoxy groups -OCH3 is 1. The highest BCUT2D eigenvalue weighted by atomic mass is 32.1. The lowest BCUT2D eigenvalue weighted by atomic mass is 10.1. The van der Waals surface area contributed by atoms with E-state index in [0.29, 0.717) is 21.5 Å². The summed E-state index contributed by atoms with van der Waals surface area (Å²) in [5.74, 6) is 0.231. The molecule has 0 bridgehead atoms. The van der Waals surface area contributed by atoms with Crippen LogP contribution in [0.15, 0.2) is 48.7 Å². The summed E-state index contributed by atoms with van der Waals surface area (Å²) in [6.07, 6.45) is 2.55. The van der Waals surface area contributed by atoms with E-state index in [2.05, 4.69) is 27.9 Å². The van der Waals surface area contributed by atoms with Crippen LogP contribution in [0.4, 0.5) is 10.8 Å². The monoisotopic (exact) mass is 386 g/mol. The summed E-state index contributed by atoms with van der Waals surface area (Å²) in [5.41, 5.74) is 1.64. The van der Waals surface area contributed by atoms with Crippen molar-refractivity contribution >= 4 is 45.5 Å². The summed E-state index contributed by atoms with van der Waals surface area (Å²) in [6.45, 7) is 0. The van der Waals surface area contributed by atoms with Crippen LogP contribution >= 0.6 is 23.6 Å². The van der Waals surface area contributed by atoms with Gasteiger partial charge in [0.25, 0.3) is 0 Å². The van der Waals surface area contributed by atoms with E-state index in [4.69, 9.17) is 17.0 Å². The van der Waals surface area contributed by atoms with Crippen LogP contribution < -0.4 is 10.6 Å². The third-order valence-corrected chi connectivity index (χ3v) is 4.85. The van der Waals surface area contributed by atoms with Crippen molar-refractivity contribution in [3.63, 3.8) is 0 Å². The number of hydrogen-bond acceptors (Lipinski definition) is 5. The Morgan fingerprint density at radius 2 is 2.04 bits per heavy atom. The van der Waals surface area contributed by atoms with Crippen LogP contribution in [0, 0.1) is 0 Å². The number of carbonyl (C=O) groups is 1. The predicted octanol–water partition coefficient (Wildman–Crippen LogP) is 3.67. The number of ether oxygens (including phenoxy) is 1. The molecule has 3 aromatic rings. The second-order valence-corrected chi connectivity index (χ2v) is 7.11. The molecule has 26 heavy (non-hydrogen) atoms. The number of carbonyl (C=O) groups excluding carboxylic acids is 1. The average Bonchev–Trinajstić information content (AvgIpc) is 3.21. The van der Waals surface area contributed by atoms with Crippen LogP contribution in [0.5, 0.6) is 0 Å². The first kappa shape index (κ1) is 18.1. The number of anilines is 2. The van der Waals surface area contributed by atoms with Crippen LogP contribution in [0.3, 0.4) is 0 Å². The standard InChI is InChI=1S/C18H18N4O2S2/c1-22-9-8-15(21-22)19-18(25)20-16-14(17(23)24-2)11-13(26-16)10-12-6-4-3-5-7-12/h3-9,11H,10H2,1-2H3,(H2,19,20,21,25). The Morgan fingerprint density at radius 3 is 2.69 bits per heavy atom. The molecule has 8 heteroatoms. The van der Waals surface area contributed by atoms with Gasteiger partial charge in [-0.05, 0) is 23.8 Å². The van der Waals surface area contributed by atoms with Crippen molar-refractivity contribution in [2.75, 3.05) is 17.7 Å². The lowest BCUT2D eigenvalue weighted by Gasteiger charge is -2.08. The smallest absolute Gasteiger partial charge is 0.340 e. The molecule has 0 aliphatic heterocycles. The quantitative estimate of drug-likeness (QED) is 0.515. The zero-order valence-electron chi connectivity index (χ0n) is 14.4. The van der Waals surface area contributed by atoms with Crippen molar-refractivity contribution in [2.24, 2.45) is 7.05 Å². The molecule has 0 spiro atoms. The van der Waals surface area contributed by atoms with Gasteiger partial charge in [-0.15, -0.1) is 11.3 Å². The Balaban J connectivity index is 1.77. The number of thiophene rings is 1. The van der Waals surface area contributed by atoms with E-state index in [0.717, 1.165) is 11.3 Å². The molecule has 0 fully saturated rings. The molecule has 0 atom stereocenters. The molecule has 0 aliphatic carbocycles. The van der Waals surface area contributed by atoms with Gasteiger partial charge in [0.15, 0.2) is 10.9 Å². The van der Waals surface area contributed by atoms with Gasteiger partial charge in [0.2, 0.25) is 0 Å². The van der Waals surface area contributed by atoms with Gasteiger partial charge >= 0.3 is 5.97 Å². The second kappa shape index (κ2) is 8.11. The van der Waals surface area contributed by atoms with Gasteiger partial charge in [-0.3, -0.25) is 4.68 Å². The number of nitrogens with one attached hydrogen (secondary N) is 2. The van der Waals surface area contributed by atoms with Crippen LogP contribution in [-0.2, 0) is 18.2 Å². The van der Waals surface area contributed by atoms with E-state index in [1.54, 1.807) is 4.68 Å². The van der Waals surface area contributed by atoms with Gasteiger partial charge in [0.05, 0.1) is 12.7 Å². The fourth-order valence-electron chi connectivity index (χ4n) is 2.41. The number of aryl methyl sites for hydroxylation is 1. The number of nitrogens with zero attached hydrogens (tertiary/aromatic N) is 2. The SMILES string of the molecule is COC(=O)c1cc(Cc2ccccc2)sc1NC(=S)Nc1ccn(C)n1. The summed E-state index contributed by atoms with van der Waals surface area (Å²) < 4.78 is 6.57. The maximum atomic E-state index is 12.1. The van der Waals surface area contributed by atoms with Crippen LogP contribution in [0.25, 0.3) is 0 Å². The highest BCUT2D eigenvalue weighted by molar-refractivity contribution is 7.80. The molecule has 134 valence electrons. The Kier molecular flexibility index (Phi) is 5.65. The Labute approximate surface area is 160 Å². The van der Waals surface area contributed by atoms with Gasteiger partial charge in [-0.2, -0.15) is 5.10 Å². The molecule has 2 heterocycles. The summed E-state index contributed by atoms with van der Waals surface area (Å²) in [5, 5.41) is 11.3. The fourth-order valence-corrected chi connectivity index (χ4v) is 3.77. The number of benzene rings is 1. The van der Waals surface area contributed by atoms with Crippen LogP contribution in [0.2, 0.25) is 0 Å². The minimum Gasteiger partial charge on any atom is -0.465 e. The summed E-state index contributed by atoms with van der Waals surface area (Å²) in [4.78, 5) is 13.1. The minimum absolute atomic E-state index is 0.363. The zero-order chi connectivity index (χ0) is 18.5. The third-order valence-electron chi connectivity index (χ3n) is 3.59. The third kappa shape index (κ3) is 4.47. The molecule has 6 nitrogen and oxygen atoms in total. The largest absolute Gasteiger partial charge is 0.465 e. The number of rotatable bonds is 5. The maximum absolute atomic E-state index is 12.1. The van der Waals surface area contributed by atoms with E-state index in [-0.39, 0.29) is 0 Å². The average molecular weight is 387 g/mol. The fraction of sp³-hybridized carbons (Fsp3) is 0.167. The molecular weight excluding hydrogens is 368 g/mol. The molecule has 0 amide bonds. The van der Waals surface area contributed by atoms with Crippen molar-refractivity contribution in [2.45, 2.75) is 6.42 Å². The van der Waals surface area contributed by atoms with Crippen molar-refractivity contribution in [3.05, 3.63) is 64.7 Å². The Hall–Kier alpha value is -2.71. The first-order valence-electron chi connectivity index (χ1n) is 7.88. The van der Waals surface area contributed by atoms with Crippen LogP contribution in [-0.4, -0.2) is 28.0 Å². The summed E-state index contributed by atoms with van der Waals surface area (Å²) in [7, 11) is 3.19. The topological polar surface area (TPSA) is 68.2 Å². The molecule has 1 aromatic carbocycles. The van der Waals surface area contributed by atoms with Crippen molar-refractivity contribution in [3.8, 4) is 0 Å². The van der Waals surface area contributed by atoms with Crippen molar-refractivity contribution < 1.29 is 9.53 Å². The van der Waals surface area contributed by atoms with E-state index < -0.39 is 5.97 Å². The first-order valence-corrected chi connectivity index (χ1v) is 9.10. The van der Waals surface area contributed by atoms with Gasteiger partial charge in [0, 0.05) is 30.6 Å².